The summed E-state index contributed by atoms with van der Waals surface area (Å²) in [4.78, 5) is 20.0. The third-order valence-electron chi connectivity index (χ3n) is 4.93. The molecular weight excluding hydrogens is 346 g/mol. The molecule has 0 spiro atoms. The lowest BCUT2D eigenvalue weighted by atomic mass is 9.97. The highest BCUT2D eigenvalue weighted by Crippen LogP contribution is 2.24. The van der Waals surface area contributed by atoms with Gasteiger partial charge in [0.25, 0.3) is 5.56 Å². The lowest BCUT2D eigenvalue weighted by Crippen LogP contribution is -2.19. The monoisotopic (exact) mass is 371 g/mol. The van der Waals surface area contributed by atoms with E-state index in [1.165, 1.54) is 0 Å². The van der Waals surface area contributed by atoms with Crippen molar-refractivity contribution in [2.75, 3.05) is 0 Å². The van der Waals surface area contributed by atoms with Gasteiger partial charge < -0.3 is 4.98 Å². The Labute approximate surface area is 165 Å². The van der Waals surface area contributed by atoms with Crippen molar-refractivity contribution in [2.24, 2.45) is 0 Å². The summed E-state index contributed by atoms with van der Waals surface area (Å²) in [5.41, 5.74) is 5.27. The smallest absolute Gasteiger partial charge is 0.254 e. The number of unbranched alkanes of at least 4 members (excludes halogenated alkanes) is 2. The molecule has 2 aromatic carbocycles. The van der Waals surface area contributed by atoms with Crippen LogP contribution in [0.1, 0.15) is 54.4 Å². The van der Waals surface area contributed by atoms with Crippen molar-refractivity contribution >= 4 is 0 Å². The van der Waals surface area contributed by atoms with E-state index in [1.54, 1.807) is 0 Å². The number of aryl methyl sites for hydroxylation is 2. The molecule has 0 radical (unpaired) electrons. The minimum absolute atomic E-state index is 0.0436. The van der Waals surface area contributed by atoms with E-state index in [0.29, 0.717) is 17.8 Å². The first kappa shape index (κ1) is 19.6. The highest BCUT2D eigenvalue weighted by molar-refractivity contribution is 5.70. The minimum Gasteiger partial charge on any atom is -0.311 e. The fourth-order valence-corrected chi connectivity index (χ4v) is 3.44. The van der Waals surface area contributed by atoms with Crippen LogP contribution in [-0.2, 0) is 12.8 Å². The number of aromatic amines is 1. The molecule has 0 bridgehead atoms. The molecule has 0 aliphatic heterocycles. The molecular formula is C24H25N3O. The molecule has 0 saturated carbocycles. The number of aromatic nitrogens is 2. The first-order chi connectivity index (χ1) is 13.6. The van der Waals surface area contributed by atoms with E-state index >= 15 is 0 Å². The van der Waals surface area contributed by atoms with Gasteiger partial charge >= 0.3 is 0 Å². The van der Waals surface area contributed by atoms with Gasteiger partial charge in [-0.3, -0.25) is 4.79 Å². The summed E-state index contributed by atoms with van der Waals surface area (Å²) < 4.78 is 0. The van der Waals surface area contributed by atoms with Crippen LogP contribution in [-0.4, -0.2) is 9.97 Å². The number of rotatable bonds is 7. The van der Waals surface area contributed by atoms with E-state index < -0.39 is 0 Å². The van der Waals surface area contributed by atoms with Crippen molar-refractivity contribution in [3.63, 3.8) is 0 Å². The third-order valence-corrected chi connectivity index (χ3v) is 4.93. The van der Waals surface area contributed by atoms with Crippen LogP contribution in [0.25, 0.3) is 11.1 Å². The van der Waals surface area contributed by atoms with Crippen molar-refractivity contribution < 1.29 is 0 Å². The SMILES string of the molecule is CCCCCc1nc(C)[nH]c(=O)c1Cc1ccc(-c2ccccc2C#N)cc1. The third kappa shape index (κ3) is 4.55. The van der Waals surface area contributed by atoms with Crippen molar-refractivity contribution in [3.05, 3.63) is 87.1 Å². The molecule has 4 heteroatoms. The molecule has 0 aliphatic rings. The van der Waals surface area contributed by atoms with Crippen molar-refractivity contribution in [1.82, 2.24) is 9.97 Å². The molecule has 1 heterocycles. The average Bonchev–Trinajstić information content (AvgIpc) is 2.71. The summed E-state index contributed by atoms with van der Waals surface area (Å²) in [6.45, 7) is 4.00. The average molecular weight is 371 g/mol. The zero-order chi connectivity index (χ0) is 19.9. The molecule has 0 aliphatic carbocycles. The van der Waals surface area contributed by atoms with E-state index in [2.05, 4.69) is 23.0 Å². The molecule has 0 saturated heterocycles. The van der Waals surface area contributed by atoms with Crippen LogP contribution in [0.2, 0.25) is 0 Å². The zero-order valence-corrected chi connectivity index (χ0v) is 16.5. The highest BCUT2D eigenvalue weighted by Gasteiger charge is 2.12. The second-order valence-electron chi connectivity index (χ2n) is 7.06. The maximum atomic E-state index is 12.5. The minimum atomic E-state index is -0.0436. The van der Waals surface area contributed by atoms with Crippen LogP contribution in [0, 0.1) is 18.3 Å². The topological polar surface area (TPSA) is 69.5 Å². The Morgan fingerprint density at radius 1 is 1.07 bits per heavy atom. The molecule has 4 nitrogen and oxygen atoms in total. The van der Waals surface area contributed by atoms with E-state index in [1.807, 2.05) is 55.5 Å². The second kappa shape index (κ2) is 9.14. The van der Waals surface area contributed by atoms with E-state index in [9.17, 15) is 10.1 Å². The van der Waals surface area contributed by atoms with Gasteiger partial charge in [-0.05, 0) is 42.5 Å². The van der Waals surface area contributed by atoms with E-state index in [-0.39, 0.29) is 5.56 Å². The molecule has 142 valence electrons. The molecule has 0 atom stereocenters. The summed E-state index contributed by atoms with van der Waals surface area (Å²) >= 11 is 0. The van der Waals surface area contributed by atoms with Gasteiger partial charge in [-0.2, -0.15) is 5.26 Å². The van der Waals surface area contributed by atoms with Gasteiger partial charge in [0.15, 0.2) is 0 Å². The standard InChI is InChI=1S/C24H25N3O/c1-3-4-5-10-23-22(24(28)27-17(2)26-23)15-18-11-13-19(14-12-18)21-9-7-6-8-20(21)16-25/h6-9,11-14H,3-5,10,15H2,1-2H3,(H,26,27,28). The molecule has 1 N–H and O–H groups in total. The number of nitrogens with zero attached hydrogens (tertiary/aromatic N) is 2. The molecule has 28 heavy (non-hydrogen) atoms. The first-order valence-electron chi connectivity index (χ1n) is 9.79. The summed E-state index contributed by atoms with van der Waals surface area (Å²) in [5, 5.41) is 9.31. The van der Waals surface area contributed by atoms with Gasteiger partial charge in [0.2, 0.25) is 0 Å². The van der Waals surface area contributed by atoms with Crippen molar-refractivity contribution in [3.8, 4) is 17.2 Å². The van der Waals surface area contributed by atoms with E-state index in [0.717, 1.165) is 53.6 Å². The Hall–Kier alpha value is -3.19. The summed E-state index contributed by atoms with van der Waals surface area (Å²) in [7, 11) is 0. The van der Waals surface area contributed by atoms with Crippen LogP contribution in [0.4, 0.5) is 0 Å². The van der Waals surface area contributed by atoms with Gasteiger partial charge in [-0.1, -0.05) is 62.2 Å². The molecule has 0 unspecified atom stereocenters. The van der Waals surface area contributed by atoms with Crippen LogP contribution in [0.3, 0.4) is 0 Å². The Kier molecular flexibility index (Phi) is 6.39. The largest absolute Gasteiger partial charge is 0.311 e. The van der Waals surface area contributed by atoms with Crippen LogP contribution in [0.5, 0.6) is 0 Å². The fourth-order valence-electron chi connectivity index (χ4n) is 3.44. The van der Waals surface area contributed by atoms with Crippen LogP contribution in [0.15, 0.2) is 53.3 Å². The van der Waals surface area contributed by atoms with Crippen molar-refractivity contribution in [1.29, 1.82) is 5.26 Å². The number of hydrogen-bond acceptors (Lipinski definition) is 3. The lowest BCUT2D eigenvalue weighted by molar-refractivity contribution is 0.696. The summed E-state index contributed by atoms with van der Waals surface area (Å²) in [6, 6.07) is 17.9. The van der Waals surface area contributed by atoms with E-state index in [4.69, 9.17) is 0 Å². The van der Waals surface area contributed by atoms with Crippen LogP contribution >= 0.6 is 0 Å². The number of H-pyrrole nitrogens is 1. The lowest BCUT2D eigenvalue weighted by Gasteiger charge is -2.10. The molecule has 1 aromatic heterocycles. The Bertz CT molecular complexity index is 1040. The summed E-state index contributed by atoms with van der Waals surface area (Å²) in [6.07, 6.45) is 4.72. The Morgan fingerprint density at radius 3 is 2.54 bits per heavy atom. The zero-order valence-electron chi connectivity index (χ0n) is 16.5. The molecule has 3 rings (SSSR count). The molecule has 3 aromatic rings. The Morgan fingerprint density at radius 2 is 1.82 bits per heavy atom. The maximum Gasteiger partial charge on any atom is 0.254 e. The van der Waals surface area contributed by atoms with Gasteiger partial charge in [-0.25, -0.2) is 4.98 Å². The van der Waals surface area contributed by atoms with Gasteiger partial charge in [0.1, 0.15) is 5.82 Å². The number of nitriles is 1. The second-order valence-corrected chi connectivity index (χ2v) is 7.06. The first-order valence-corrected chi connectivity index (χ1v) is 9.79. The number of benzene rings is 2. The maximum absolute atomic E-state index is 12.5. The Balaban J connectivity index is 1.86. The van der Waals surface area contributed by atoms with Crippen LogP contribution < -0.4 is 5.56 Å². The fraction of sp³-hybridized carbons (Fsp3) is 0.292. The quantitative estimate of drug-likeness (QED) is 0.598. The normalized spacial score (nSPS) is 10.6. The van der Waals surface area contributed by atoms with Crippen molar-refractivity contribution in [2.45, 2.75) is 46.0 Å². The molecule has 0 amide bonds. The molecule has 0 fully saturated rings. The predicted molar refractivity (Wildman–Crippen MR) is 112 cm³/mol. The van der Waals surface area contributed by atoms with Gasteiger partial charge in [0, 0.05) is 12.0 Å². The highest BCUT2D eigenvalue weighted by atomic mass is 16.1. The number of hydrogen-bond donors (Lipinski definition) is 1. The number of nitrogens with one attached hydrogen (secondary N) is 1. The van der Waals surface area contributed by atoms with Gasteiger partial charge in [-0.15, -0.1) is 0 Å². The summed E-state index contributed by atoms with van der Waals surface area (Å²) in [5.74, 6) is 0.670. The predicted octanol–water partition coefficient (Wildman–Crippen LogP) is 4.94. The van der Waals surface area contributed by atoms with Gasteiger partial charge in [0.05, 0.1) is 17.3 Å².